The molecule has 1 atom stereocenters. The highest BCUT2D eigenvalue weighted by atomic mass is 79.9. The van der Waals surface area contributed by atoms with E-state index in [0.29, 0.717) is 12.5 Å². The summed E-state index contributed by atoms with van der Waals surface area (Å²) in [6, 6.07) is 8.38. The van der Waals surface area contributed by atoms with Crippen molar-refractivity contribution >= 4 is 27.9 Å². The molecule has 2 aliphatic heterocycles. The van der Waals surface area contributed by atoms with Crippen LogP contribution < -0.4 is 0 Å². The number of nitrogens with zero attached hydrogens (tertiary/aromatic N) is 3. The van der Waals surface area contributed by atoms with Crippen LogP contribution in [0.15, 0.2) is 51.2 Å². The van der Waals surface area contributed by atoms with Gasteiger partial charge in [0, 0.05) is 34.8 Å². The molecule has 2 aliphatic rings. The number of halogens is 1. The van der Waals surface area contributed by atoms with Gasteiger partial charge in [-0.3, -0.25) is 9.89 Å². The Kier molecular flexibility index (Phi) is 6.07. The Morgan fingerprint density at radius 3 is 2.64 bits per heavy atom. The molecule has 2 heterocycles. The van der Waals surface area contributed by atoms with Crippen molar-refractivity contribution in [2.45, 2.75) is 38.6 Å². The third-order valence-corrected chi connectivity index (χ3v) is 5.69. The Balaban J connectivity index is 1.71. The summed E-state index contributed by atoms with van der Waals surface area (Å²) >= 11 is 3.51. The molecular weight excluding hydrogens is 378 g/mol. The molecule has 134 valence electrons. The van der Waals surface area contributed by atoms with Crippen LogP contribution in [-0.4, -0.2) is 42.1 Å². The van der Waals surface area contributed by atoms with E-state index < -0.39 is 0 Å². The Morgan fingerprint density at radius 1 is 1.32 bits per heavy atom. The van der Waals surface area contributed by atoms with E-state index in [4.69, 9.17) is 4.84 Å². The number of rotatable bonds is 5. The minimum absolute atomic E-state index is 0.0988. The maximum absolute atomic E-state index is 5.43. The summed E-state index contributed by atoms with van der Waals surface area (Å²) in [6.07, 6.45) is 9.37. The van der Waals surface area contributed by atoms with E-state index in [9.17, 15) is 0 Å². The lowest BCUT2D eigenvalue weighted by atomic mass is 9.85. The van der Waals surface area contributed by atoms with E-state index in [0.717, 1.165) is 48.1 Å². The Bertz CT molecular complexity index is 660. The van der Waals surface area contributed by atoms with Crippen LogP contribution in [0, 0.1) is 5.92 Å². The van der Waals surface area contributed by atoms with Crippen LogP contribution in [0.25, 0.3) is 0 Å². The van der Waals surface area contributed by atoms with Gasteiger partial charge in [0.25, 0.3) is 0 Å². The smallest absolute Gasteiger partial charge is 0.114 e. The van der Waals surface area contributed by atoms with Gasteiger partial charge in [-0.05, 0) is 63.6 Å². The van der Waals surface area contributed by atoms with Crippen molar-refractivity contribution in [2.75, 3.05) is 19.7 Å². The third-order valence-electron chi connectivity index (χ3n) is 5.17. The standard InChI is InChI=1S/C20H26BrN3O/c1-3-25-23-19(16-4-6-18(21)7-5-16)17-8-14-24(15-9-17)20(2)10-12-22-13-11-20/h4-7,10,12-13,17H,3,8-9,11,14-15H2,1-2H3. The second-order valence-electron chi connectivity index (χ2n) is 6.87. The van der Waals surface area contributed by atoms with E-state index >= 15 is 0 Å². The van der Waals surface area contributed by atoms with Gasteiger partial charge in [-0.15, -0.1) is 0 Å². The van der Waals surface area contributed by atoms with Crippen molar-refractivity contribution in [1.82, 2.24) is 4.90 Å². The van der Waals surface area contributed by atoms with Crippen molar-refractivity contribution in [3.8, 4) is 0 Å². The lowest BCUT2D eigenvalue weighted by Gasteiger charge is -2.43. The molecule has 0 bridgehead atoms. The molecule has 0 amide bonds. The van der Waals surface area contributed by atoms with Crippen LogP contribution in [0.1, 0.15) is 38.7 Å². The predicted octanol–water partition coefficient (Wildman–Crippen LogP) is 4.65. The Morgan fingerprint density at radius 2 is 2.04 bits per heavy atom. The van der Waals surface area contributed by atoms with Crippen LogP contribution in [0.3, 0.4) is 0 Å². The number of likely N-dealkylation sites (tertiary alicyclic amines) is 1. The first-order valence-corrected chi connectivity index (χ1v) is 9.82. The number of hydrogen-bond donors (Lipinski definition) is 0. The number of hydrogen-bond acceptors (Lipinski definition) is 4. The maximum atomic E-state index is 5.43. The van der Waals surface area contributed by atoms with Gasteiger partial charge in [0.15, 0.2) is 0 Å². The molecule has 4 nitrogen and oxygen atoms in total. The summed E-state index contributed by atoms with van der Waals surface area (Å²) in [7, 11) is 0. The Hall–Kier alpha value is -1.46. The minimum Gasteiger partial charge on any atom is -0.396 e. The summed E-state index contributed by atoms with van der Waals surface area (Å²) in [4.78, 5) is 12.2. The first kappa shape index (κ1) is 18.3. The minimum atomic E-state index is 0.0988. The first-order chi connectivity index (χ1) is 12.1. The highest BCUT2D eigenvalue weighted by Crippen LogP contribution is 2.30. The van der Waals surface area contributed by atoms with Crippen LogP contribution in [-0.2, 0) is 4.84 Å². The number of aliphatic imine (C=N–C) groups is 1. The zero-order valence-corrected chi connectivity index (χ0v) is 16.6. The van der Waals surface area contributed by atoms with Gasteiger partial charge >= 0.3 is 0 Å². The van der Waals surface area contributed by atoms with Gasteiger partial charge in [0.05, 0.1) is 5.71 Å². The molecule has 1 saturated heterocycles. The zero-order valence-electron chi connectivity index (χ0n) is 15.0. The highest BCUT2D eigenvalue weighted by molar-refractivity contribution is 9.10. The summed E-state index contributed by atoms with van der Waals surface area (Å²) in [5, 5.41) is 4.47. The van der Waals surface area contributed by atoms with E-state index in [1.54, 1.807) is 0 Å². The summed E-state index contributed by atoms with van der Waals surface area (Å²) in [6.45, 7) is 7.02. The average molecular weight is 404 g/mol. The van der Waals surface area contributed by atoms with Crippen LogP contribution >= 0.6 is 15.9 Å². The van der Waals surface area contributed by atoms with Crippen molar-refractivity contribution < 1.29 is 4.84 Å². The van der Waals surface area contributed by atoms with E-state index in [2.05, 4.69) is 68.2 Å². The molecule has 1 fully saturated rings. The van der Waals surface area contributed by atoms with E-state index in [1.165, 1.54) is 0 Å². The maximum Gasteiger partial charge on any atom is 0.114 e. The molecule has 25 heavy (non-hydrogen) atoms. The zero-order chi connectivity index (χ0) is 17.7. The van der Waals surface area contributed by atoms with Gasteiger partial charge < -0.3 is 4.84 Å². The topological polar surface area (TPSA) is 37.2 Å². The molecule has 0 radical (unpaired) electrons. The number of piperidine rings is 1. The van der Waals surface area contributed by atoms with Gasteiger partial charge in [-0.2, -0.15) is 0 Å². The molecule has 0 saturated carbocycles. The number of benzene rings is 1. The third kappa shape index (κ3) is 4.39. The molecule has 0 aromatic heterocycles. The highest BCUT2D eigenvalue weighted by Gasteiger charge is 2.34. The average Bonchev–Trinajstić information content (AvgIpc) is 2.64. The van der Waals surface area contributed by atoms with E-state index in [-0.39, 0.29) is 5.54 Å². The molecule has 1 unspecified atom stereocenters. The summed E-state index contributed by atoms with van der Waals surface area (Å²) in [5.41, 5.74) is 2.34. The van der Waals surface area contributed by atoms with Gasteiger partial charge in [0.2, 0.25) is 0 Å². The van der Waals surface area contributed by atoms with Gasteiger partial charge in [0.1, 0.15) is 6.61 Å². The Labute approximate surface area is 158 Å². The lowest BCUT2D eigenvalue weighted by Crippen LogP contribution is -2.50. The summed E-state index contributed by atoms with van der Waals surface area (Å²) < 4.78 is 1.08. The van der Waals surface area contributed by atoms with Crippen LogP contribution in [0.2, 0.25) is 0 Å². The van der Waals surface area contributed by atoms with Crippen molar-refractivity contribution in [3.05, 3.63) is 46.6 Å². The van der Waals surface area contributed by atoms with Crippen molar-refractivity contribution in [3.63, 3.8) is 0 Å². The lowest BCUT2D eigenvalue weighted by molar-refractivity contribution is 0.109. The van der Waals surface area contributed by atoms with Gasteiger partial charge in [-0.1, -0.05) is 33.2 Å². The molecule has 1 aromatic rings. The number of oxime groups is 1. The largest absolute Gasteiger partial charge is 0.396 e. The van der Waals surface area contributed by atoms with Crippen LogP contribution in [0.4, 0.5) is 0 Å². The predicted molar refractivity (Wildman–Crippen MR) is 107 cm³/mol. The SMILES string of the molecule is CCON=C(c1ccc(Br)cc1)C1CCN(C2(C)C=CN=CC2)CC1. The quantitative estimate of drug-likeness (QED) is 0.529. The normalized spacial score (nSPS) is 25.3. The van der Waals surface area contributed by atoms with E-state index in [1.807, 2.05) is 19.3 Å². The second kappa shape index (κ2) is 8.28. The second-order valence-corrected chi connectivity index (χ2v) is 7.79. The molecule has 0 N–H and O–H groups in total. The molecule has 0 spiro atoms. The molecule has 3 rings (SSSR count). The molecule has 0 aliphatic carbocycles. The fraction of sp³-hybridized carbons (Fsp3) is 0.500. The molecular formula is C20H26BrN3O. The monoisotopic (exact) mass is 403 g/mol. The fourth-order valence-electron chi connectivity index (χ4n) is 3.59. The summed E-state index contributed by atoms with van der Waals surface area (Å²) in [5.74, 6) is 0.439. The van der Waals surface area contributed by atoms with Crippen LogP contribution in [0.5, 0.6) is 0 Å². The molecule has 1 aromatic carbocycles. The first-order valence-electron chi connectivity index (χ1n) is 9.02. The van der Waals surface area contributed by atoms with Gasteiger partial charge in [-0.25, -0.2) is 0 Å². The fourth-order valence-corrected chi connectivity index (χ4v) is 3.85. The molecule has 5 heteroatoms. The van der Waals surface area contributed by atoms with Crippen molar-refractivity contribution in [2.24, 2.45) is 16.1 Å². The van der Waals surface area contributed by atoms with Crippen molar-refractivity contribution in [1.29, 1.82) is 0 Å².